The van der Waals surface area contributed by atoms with Gasteiger partial charge in [-0.2, -0.15) is 0 Å². The van der Waals surface area contributed by atoms with E-state index in [1.54, 1.807) is 0 Å². The van der Waals surface area contributed by atoms with Crippen molar-refractivity contribution in [2.45, 2.75) is 25.8 Å². The molecule has 1 saturated heterocycles. The van der Waals surface area contributed by atoms with Gasteiger partial charge in [-0.15, -0.1) is 0 Å². The molecule has 0 radical (unpaired) electrons. The van der Waals surface area contributed by atoms with Gasteiger partial charge in [-0.1, -0.05) is 24.3 Å². The Bertz CT molecular complexity index is 1210. The lowest BCUT2D eigenvalue weighted by Crippen LogP contribution is -2.41. The summed E-state index contributed by atoms with van der Waals surface area (Å²) in [4.78, 5) is 24.8. The van der Waals surface area contributed by atoms with Crippen LogP contribution in [0.5, 0.6) is 0 Å². The number of benzene rings is 2. The van der Waals surface area contributed by atoms with Crippen molar-refractivity contribution in [1.29, 1.82) is 0 Å². The summed E-state index contributed by atoms with van der Waals surface area (Å²) in [6, 6.07) is 16.2. The van der Waals surface area contributed by atoms with Crippen LogP contribution in [0.1, 0.15) is 17.0 Å². The lowest BCUT2D eigenvalue weighted by atomic mass is 9.93. The predicted molar refractivity (Wildman–Crippen MR) is 116 cm³/mol. The van der Waals surface area contributed by atoms with E-state index in [-0.39, 0.29) is 17.9 Å². The summed E-state index contributed by atoms with van der Waals surface area (Å²) in [7, 11) is 0. The van der Waals surface area contributed by atoms with Crippen molar-refractivity contribution >= 4 is 27.8 Å². The van der Waals surface area contributed by atoms with Crippen LogP contribution in [0.25, 0.3) is 21.9 Å². The van der Waals surface area contributed by atoms with Crippen molar-refractivity contribution in [3.63, 3.8) is 0 Å². The number of amides is 1. The smallest absolute Gasteiger partial charge is 0.224 e. The molecule has 2 aromatic carbocycles. The van der Waals surface area contributed by atoms with Gasteiger partial charge in [-0.05, 0) is 48.7 Å². The number of aromatic amines is 1. The lowest BCUT2D eigenvalue weighted by Gasteiger charge is -2.20. The van der Waals surface area contributed by atoms with Crippen molar-refractivity contribution < 1.29 is 9.53 Å². The van der Waals surface area contributed by atoms with Crippen molar-refractivity contribution in [2.24, 2.45) is 5.92 Å². The highest BCUT2D eigenvalue weighted by Gasteiger charge is 2.30. The van der Waals surface area contributed by atoms with E-state index in [1.807, 2.05) is 49.5 Å². The second-order valence-electron chi connectivity index (χ2n) is 8.01. The normalized spacial score (nSPS) is 18.8. The molecule has 1 amide bonds. The largest absolute Gasteiger partial charge is 0.379 e. The zero-order chi connectivity index (χ0) is 20.5. The third-order valence-electron chi connectivity index (χ3n) is 5.80. The Balaban J connectivity index is 1.27. The molecule has 1 fully saturated rings. The molecule has 30 heavy (non-hydrogen) atoms. The number of fused-ring (bicyclic) bond motifs is 2. The highest BCUT2D eigenvalue weighted by Crippen LogP contribution is 2.24. The van der Waals surface area contributed by atoms with Crippen LogP contribution in [0.2, 0.25) is 0 Å². The van der Waals surface area contributed by atoms with Crippen LogP contribution in [0.4, 0.5) is 0 Å². The molecule has 0 bridgehead atoms. The number of ether oxygens (including phenoxy) is 1. The molecule has 2 N–H and O–H groups in total. The average molecular weight is 400 g/mol. The van der Waals surface area contributed by atoms with Gasteiger partial charge in [-0.25, -0.2) is 4.98 Å². The van der Waals surface area contributed by atoms with Crippen LogP contribution >= 0.6 is 0 Å². The van der Waals surface area contributed by atoms with Gasteiger partial charge in [0.05, 0.1) is 42.2 Å². The van der Waals surface area contributed by atoms with Gasteiger partial charge >= 0.3 is 0 Å². The van der Waals surface area contributed by atoms with E-state index in [0.717, 1.165) is 34.4 Å². The molecule has 2 aromatic heterocycles. The van der Waals surface area contributed by atoms with Crippen molar-refractivity contribution in [2.75, 3.05) is 13.2 Å². The number of para-hydroxylation sites is 1. The number of hydrogen-bond donors (Lipinski definition) is 2. The first-order chi connectivity index (χ1) is 14.7. The third kappa shape index (κ3) is 3.78. The standard InChI is InChI=1S/C24H24N4O2/c1-15-26-21-7-6-16(10-22(21)27-15)11-24(29)28-23-14-30-13-18(23)12-17-8-9-25-20-5-3-2-4-19(17)20/h2-10,18,23H,11-14H2,1H3,(H,26,27)(H,28,29)/t18-,23-/m1/s1. The number of hydrogen-bond acceptors (Lipinski definition) is 4. The molecule has 2 atom stereocenters. The van der Waals surface area contributed by atoms with E-state index >= 15 is 0 Å². The van der Waals surface area contributed by atoms with Gasteiger partial charge in [0.2, 0.25) is 5.91 Å². The first-order valence-electron chi connectivity index (χ1n) is 10.3. The number of pyridine rings is 1. The van der Waals surface area contributed by atoms with Gasteiger partial charge in [-0.3, -0.25) is 9.78 Å². The molecule has 1 aliphatic heterocycles. The fourth-order valence-corrected chi connectivity index (χ4v) is 4.31. The summed E-state index contributed by atoms with van der Waals surface area (Å²) in [6.45, 7) is 3.14. The van der Waals surface area contributed by atoms with Gasteiger partial charge in [0, 0.05) is 17.5 Å². The second kappa shape index (κ2) is 7.88. The molecule has 4 aromatic rings. The van der Waals surface area contributed by atoms with Crippen LogP contribution in [-0.4, -0.2) is 40.1 Å². The predicted octanol–water partition coefficient (Wildman–Crippen LogP) is 3.34. The topological polar surface area (TPSA) is 79.9 Å². The minimum atomic E-state index is 0.0163. The Labute approximate surface area is 174 Å². The maximum Gasteiger partial charge on any atom is 0.224 e. The summed E-state index contributed by atoms with van der Waals surface area (Å²) in [5, 5.41) is 4.36. The van der Waals surface area contributed by atoms with Gasteiger partial charge in [0.1, 0.15) is 5.82 Å². The summed E-state index contributed by atoms with van der Waals surface area (Å²) in [5.74, 6) is 1.14. The number of H-pyrrole nitrogens is 1. The zero-order valence-corrected chi connectivity index (χ0v) is 16.9. The van der Waals surface area contributed by atoms with Crippen molar-refractivity contribution in [3.8, 4) is 0 Å². The quantitative estimate of drug-likeness (QED) is 0.539. The number of nitrogens with zero attached hydrogens (tertiary/aromatic N) is 2. The molecule has 0 saturated carbocycles. The molecule has 6 nitrogen and oxygen atoms in total. The van der Waals surface area contributed by atoms with Gasteiger partial charge < -0.3 is 15.0 Å². The van der Waals surface area contributed by atoms with Gasteiger partial charge in [0.15, 0.2) is 0 Å². The van der Waals surface area contributed by atoms with Crippen LogP contribution in [-0.2, 0) is 22.4 Å². The van der Waals surface area contributed by atoms with Crippen LogP contribution in [0, 0.1) is 12.8 Å². The summed E-state index contributed by atoms with van der Waals surface area (Å²) in [5.41, 5.74) is 5.10. The first-order valence-corrected chi connectivity index (χ1v) is 10.3. The van der Waals surface area contributed by atoms with Crippen LogP contribution in [0.3, 0.4) is 0 Å². The number of carbonyl (C=O) groups excluding carboxylic acids is 1. The summed E-state index contributed by atoms with van der Waals surface area (Å²) >= 11 is 0. The Morgan fingerprint density at radius 3 is 3.00 bits per heavy atom. The number of carbonyl (C=O) groups is 1. The highest BCUT2D eigenvalue weighted by molar-refractivity contribution is 5.83. The minimum absolute atomic E-state index is 0.0163. The maximum atomic E-state index is 12.7. The molecule has 5 rings (SSSR count). The van der Waals surface area contributed by atoms with E-state index in [9.17, 15) is 4.79 Å². The molecule has 0 spiro atoms. The maximum absolute atomic E-state index is 12.7. The van der Waals surface area contributed by atoms with Crippen molar-refractivity contribution in [1.82, 2.24) is 20.3 Å². The Hall–Kier alpha value is -3.25. The van der Waals surface area contributed by atoms with E-state index < -0.39 is 0 Å². The molecular weight excluding hydrogens is 376 g/mol. The minimum Gasteiger partial charge on any atom is -0.379 e. The third-order valence-corrected chi connectivity index (χ3v) is 5.80. The number of aryl methyl sites for hydroxylation is 1. The molecule has 1 aliphatic rings. The molecular formula is C24H24N4O2. The van der Waals surface area contributed by atoms with E-state index in [4.69, 9.17) is 4.74 Å². The van der Waals surface area contributed by atoms with Gasteiger partial charge in [0.25, 0.3) is 0 Å². The SMILES string of the molecule is Cc1nc2ccc(CC(=O)N[C@@H]3COC[C@H]3Cc3ccnc4ccccc34)cc2[nH]1. The van der Waals surface area contributed by atoms with Crippen LogP contribution < -0.4 is 5.32 Å². The number of rotatable bonds is 5. The lowest BCUT2D eigenvalue weighted by molar-refractivity contribution is -0.121. The number of imidazole rings is 1. The molecule has 0 unspecified atom stereocenters. The summed E-state index contributed by atoms with van der Waals surface area (Å²) < 4.78 is 5.72. The Kier molecular flexibility index (Phi) is 4.93. The molecule has 3 heterocycles. The number of aromatic nitrogens is 3. The van der Waals surface area contributed by atoms with E-state index in [2.05, 4.69) is 32.4 Å². The first kappa shape index (κ1) is 18.8. The average Bonchev–Trinajstić information content (AvgIpc) is 3.33. The molecule has 6 heteroatoms. The Morgan fingerprint density at radius 1 is 1.17 bits per heavy atom. The fraction of sp³-hybridized carbons (Fsp3) is 0.292. The van der Waals surface area contributed by atoms with E-state index in [0.29, 0.717) is 19.6 Å². The summed E-state index contributed by atoms with van der Waals surface area (Å²) in [6.07, 6.45) is 3.05. The van der Waals surface area contributed by atoms with Crippen molar-refractivity contribution in [3.05, 3.63) is 71.7 Å². The second-order valence-corrected chi connectivity index (χ2v) is 8.01. The highest BCUT2D eigenvalue weighted by atomic mass is 16.5. The fourth-order valence-electron chi connectivity index (χ4n) is 4.31. The molecule has 0 aliphatic carbocycles. The molecule has 152 valence electrons. The van der Waals surface area contributed by atoms with E-state index in [1.165, 1.54) is 10.9 Å². The van der Waals surface area contributed by atoms with Crippen LogP contribution in [0.15, 0.2) is 54.7 Å². The monoisotopic (exact) mass is 400 g/mol. The zero-order valence-electron chi connectivity index (χ0n) is 16.9. The number of nitrogens with one attached hydrogen (secondary N) is 2. The Morgan fingerprint density at radius 2 is 2.07 bits per heavy atom.